The summed E-state index contributed by atoms with van der Waals surface area (Å²) in [6.45, 7) is 1.80. The highest BCUT2D eigenvalue weighted by atomic mass is 35.5. The molecule has 5 nitrogen and oxygen atoms in total. The number of nitrogens with zero attached hydrogens (tertiary/aromatic N) is 1. The average molecular weight is 350 g/mol. The summed E-state index contributed by atoms with van der Waals surface area (Å²) in [5.41, 5.74) is 5.10. The first-order valence-corrected chi connectivity index (χ1v) is 8.75. The molecule has 0 bridgehead atoms. The number of benzene rings is 1. The van der Waals surface area contributed by atoms with Crippen LogP contribution < -0.4 is 10.5 Å². The van der Waals surface area contributed by atoms with Crippen LogP contribution in [-0.4, -0.2) is 13.4 Å². The highest BCUT2D eigenvalue weighted by Gasteiger charge is 2.26. The van der Waals surface area contributed by atoms with Crippen LogP contribution in [0.3, 0.4) is 0 Å². The molecule has 9 heteroatoms. The van der Waals surface area contributed by atoms with E-state index in [2.05, 4.69) is 9.71 Å². The van der Waals surface area contributed by atoms with Gasteiger partial charge in [-0.1, -0.05) is 18.5 Å². The van der Waals surface area contributed by atoms with E-state index >= 15 is 0 Å². The Hall–Kier alpha value is -1.22. The van der Waals surface area contributed by atoms with Crippen LogP contribution in [0.2, 0.25) is 5.02 Å². The number of rotatable bonds is 5. The summed E-state index contributed by atoms with van der Waals surface area (Å²) in [7, 11) is -4.10. The fourth-order valence-corrected chi connectivity index (χ4v) is 4.30. The number of sulfonamides is 1. The van der Waals surface area contributed by atoms with Crippen LogP contribution in [0, 0.1) is 5.82 Å². The average Bonchev–Trinajstić information content (AvgIpc) is 2.94. The van der Waals surface area contributed by atoms with E-state index < -0.39 is 26.8 Å². The van der Waals surface area contributed by atoms with Gasteiger partial charge in [0, 0.05) is 16.6 Å². The van der Waals surface area contributed by atoms with E-state index in [0.717, 1.165) is 12.1 Å². The molecule has 21 heavy (non-hydrogen) atoms. The first kappa shape index (κ1) is 16.2. The van der Waals surface area contributed by atoms with Crippen molar-refractivity contribution in [3.63, 3.8) is 0 Å². The molecule has 2 rings (SSSR count). The minimum absolute atomic E-state index is 0.0524. The predicted molar refractivity (Wildman–Crippen MR) is 81.3 cm³/mol. The lowest BCUT2D eigenvalue weighted by molar-refractivity contribution is 0.535. The van der Waals surface area contributed by atoms with E-state index in [0.29, 0.717) is 11.4 Å². The van der Waals surface area contributed by atoms with Gasteiger partial charge in [0.15, 0.2) is 5.82 Å². The number of halogens is 2. The van der Waals surface area contributed by atoms with Crippen LogP contribution in [0.25, 0.3) is 0 Å². The number of nitrogens with two attached hydrogens (primary N) is 1. The van der Waals surface area contributed by atoms with Crippen LogP contribution in [0.1, 0.15) is 24.4 Å². The van der Waals surface area contributed by atoms with Crippen LogP contribution in [0.4, 0.5) is 10.1 Å². The standard InChI is InChI=1S/C12H13ClFN3O2S2/c1-2-9(12-16-3-4-20-12)17-21(18,19)10-6-7(13)5-8(15)11(10)14/h3-6,9,17H,2,15H2,1H3. The Bertz CT molecular complexity index is 735. The van der Waals surface area contributed by atoms with Gasteiger partial charge < -0.3 is 5.73 Å². The van der Waals surface area contributed by atoms with Gasteiger partial charge in [-0.25, -0.2) is 22.5 Å². The van der Waals surface area contributed by atoms with E-state index in [1.54, 1.807) is 18.5 Å². The van der Waals surface area contributed by atoms with Crippen molar-refractivity contribution in [2.45, 2.75) is 24.3 Å². The lowest BCUT2D eigenvalue weighted by Crippen LogP contribution is -2.29. The molecule has 0 saturated carbocycles. The second-order valence-electron chi connectivity index (χ2n) is 4.26. The third-order valence-corrected chi connectivity index (χ3v) is 5.36. The zero-order valence-electron chi connectivity index (χ0n) is 11.0. The van der Waals surface area contributed by atoms with Crippen molar-refractivity contribution in [3.05, 3.63) is 39.6 Å². The van der Waals surface area contributed by atoms with Gasteiger partial charge in [0.25, 0.3) is 0 Å². The van der Waals surface area contributed by atoms with Crippen LogP contribution >= 0.6 is 22.9 Å². The van der Waals surface area contributed by atoms with Crippen molar-refractivity contribution >= 4 is 38.6 Å². The number of aromatic nitrogens is 1. The van der Waals surface area contributed by atoms with Crippen LogP contribution in [-0.2, 0) is 10.0 Å². The fraction of sp³-hybridized carbons (Fsp3) is 0.250. The molecule has 0 radical (unpaired) electrons. The Morgan fingerprint density at radius 2 is 2.24 bits per heavy atom. The summed E-state index contributed by atoms with van der Waals surface area (Å²) < 4.78 is 41.0. The summed E-state index contributed by atoms with van der Waals surface area (Å²) in [4.78, 5) is 3.50. The van der Waals surface area contributed by atoms with Gasteiger partial charge in [0.1, 0.15) is 9.90 Å². The maximum absolute atomic E-state index is 14.0. The van der Waals surface area contributed by atoms with Crippen molar-refractivity contribution in [3.8, 4) is 0 Å². The molecule has 0 aliphatic heterocycles. The Balaban J connectivity index is 2.39. The molecule has 0 aliphatic carbocycles. The molecule has 0 amide bonds. The molecular formula is C12H13ClFN3O2S2. The molecule has 0 aliphatic rings. The van der Waals surface area contributed by atoms with Gasteiger partial charge in [-0.2, -0.15) is 0 Å². The predicted octanol–water partition coefficient (Wildman–Crippen LogP) is 2.95. The Morgan fingerprint density at radius 3 is 2.81 bits per heavy atom. The fourth-order valence-electron chi connectivity index (χ4n) is 1.75. The molecule has 1 aromatic heterocycles. The number of nitrogen functional groups attached to an aromatic ring is 1. The molecule has 2 aromatic rings. The van der Waals surface area contributed by atoms with Gasteiger partial charge in [-0.15, -0.1) is 11.3 Å². The monoisotopic (exact) mass is 349 g/mol. The van der Waals surface area contributed by atoms with E-state index in [4.69, 9.17) is 17.3 Å². The largest absolute Gasteiger partial charge is 0.396 e. The number of hydrogen-bond donors (Lipinski definition) is 2. The summed E-state index contributed by atoms with van der Waals surface area (Å²) in [5.74, 6) is -1.01. The van der Waals surface area contributed by atoms with E-state index in [-0.39, 0.29) is 10.7 Å². The summed E-state index contributed by atoms with van der Waals surface area (Å²) in [5, 5.41) is 2.40. The molecule has 0 saturated heterocycles. The van der Waals surface area contributed by atoms with E-state index in [1.165, 1.54) is 11.3 Å². The van der Waals surface area contributed by atoms with Crippen LogP contribution in [0.5, 0.6) is 0 Å². The number of hydrogen-bond acceptors (Lipinski definition) is 5. The number of nitrogens with one attached hydrogen (secondary N) is 1. The maximum atomic E-state index is 14.0. The zero-order chi connectivity index (χ0) is 15.6. The maximum Gasteiger partial charge on any atom is 0.244 e. The van der Waals surface area contributed by atoms with Crippen molar-refractivity contribution in [2.24, 2.45) is 0 Å². The lowest BCUT2D eigenvalue weighted by Gasteiger charge is -2.15. The van der Waals surface area contributed by atoms with Crippen molar-refractivity contribution in [1.29, 1.82) is 0 Å². The molecular weight excluding hydrogens is 337 g/mol. The Kier molecular flexibility index (Phi) is 4.82. The third kappa shape index (κ3) is 3.52. The smallest absolute Gasteiger partial charge is 0.244 e. The van der Waals surface area contributed by atoms with Gasteiger partial charge in [-0.3, -0.25) is 0 Å². The minimum atomic E-state index is -4.10. The normalized spacial score (nSPS) is 13.3. The molecule has 1 unspecified atom stereocenters. The quantitative estimate of drug-likeness (QED) is 0.813. The molecule has 1 heterocycles. The second kappa shape index (κ2) is 6.27. The summed E-state index contributed by atoms with van der Waals surface area (Å²) in [6, 6.07) is 1.66. The third-order valence-electron chi connectivity index (χ3n) is 2.78. The summed E-state index contributed by atoms with van der Waals surface area (Å²) in [6.07, 6.45) is 2.05. The first-order valence-electron chi connectivity index (χ1n) is 6.01. The molecule has 0 spiro atoms. The summed E-state index contributed by atoms with van der Waals surface area (Å²) >= 11 is 7.07. The first-order chi connectivity index (χ1) is 9.85. The topological polar surface area (TPSA) is 85.1 Å². The molecule has 0 fully saturated rings. The van der Waals surface area contributed by atoms with Gasteiger partial charge in [0.2, 0.25) is 10.0 Å². The Morgan fingerprint density at radius 1 is 1.52 bits per heavy atom. The van der Waals surface area contributed by atoms with Crippen molar-refractivity contribution in [1.82, 2.24) is 9.71 Å². The SMILES string of the molecule is CCC(NS(=O)(=O)c1cc(Cl)cc(N)c1F)c1nccs1. The molecule has 1 aromatic carbocycles. The molecule has 114 valence electrons. The van der Waals surface area contributed by atoms with Gasteiger partial charge >= 0.3 is 0 Å². The number of anilines is 1. The van der Waals surface area contributed by atoms with Gasteiger partial charge in [0.05, 0.1) is 11.7 Å². The van der Waals surface area contributed by atoms with E-state index in [9.17, 15) is 12.8 Å². The highest BCUT2D eigenvalue weighted by Crippen LogP contribution is 2.27. The highest BCUT2D eigenvalue weighted by molar-refractivity contribution is 7.89. The second-order valence-corrected chi connectivity index (χ2v) is 7.30. The minimum Gasteiger partial charge on any atom is -0.396 e. The lowest BCUT2D eigenvalue weighted by atomic mass is 10.3. The van der Waals surface area contributed by atoms with Crippen molar-refractivity contribution < 1.29 is 12.8 Å². The van der Waals surface area contributed by atoms with Gasteiger partial charge in [-0.05, 0) is 18.6 Å². The molecule has 1 atom stereocenters. The zero-order valence-corrected chi connectivity index (χ0v) is 13.4. The number of thiazole rings is 1. The Labute approximate surface area is 131 Å². The molecule has 3 N–H and O–H groups in total. The van der Waals surface area contributed by atoms with E-state index in [1.807, 2.05) is 0 Å². The van der Waals surface area contributed by atoms with Crippen LogP contribution in [0.15, 0.2) is 28.6 Å². The van der Waals surface area contributed by atoms with Crippen molar-refractivity contribution in [2.75, 3.05) is 5.73 Å².